The molecule has 3 heteroatoms. The first-order chi connectivity index (χ1) is 5.15. The molecule has 0 atom stereocenters. The summed E-state index contributed by atoms with van der Waals surface area (Å²) in [5.74, 6) is 0.653. The van der Waals surface area contributed by atoms with Crippen LogP contribution in [0.5, 0.6) is 11.5 Å². The second-order valence-corrected chi connectivity index (χ2v) is 2.83. The van der Waals surface area contributed by atoms with Gasteiger partial charge in [0.15, 0.2) is 11.5 Å². The van der Waals surface area contributed by atoms with Crippen molar-refractivity contribution in [1.82, 2.24) is 0 Å². The molecule has 0 unspecified atom stereocenters. The van der Waals surface area contributed by atoms with Gasteiger partial charge >= 0.3 is 0 Å². The van der Waals surface area contributed by atoms with Gasteiger partial charge in [0.2, 0.25) is 0 Å². The molecular formula is C8H10O2S. The first-order valence-electron chi connectivity index (χ1n) is 3.21. The molecule has 0 bridgehead atoms. The van der Waals surface area contributed by atoms with Gasteiger partial charge in [-0.1, -0.05) is 0 Å². The Balaban J connectivity index is 3.24. The van der Waals surface area contributed by atoms with Crippen LogP contribution in [0.3, 0.4) is 0 Å². The number of methoxy groups -OCH3 is 1. The van der Waals surface area contributed by atoms with Gasteiger partial charge in [0.05, 0.1) is 7.11 Å². The van der Waals surface area contributed by atoms with Crippen molar-refractivity contribution in [2.75, 3.05) is 7.11 Å². The monoisotopic (exact) mass is 170 g/mol. The maximum atomic E-state index is 9.36. The Kier molecular flexibility index (Phi) is 2.29. The minimum absolute atomic E-state index is 0.185. The van der Waals surface area contributed by atoms with Gasteiger partial charge in [-0.05, 0) is 24.6 Å². The second kappa shape index (κ2) is 3.05. The standard InChI is InChI=1S/C8H10O2S/c1-5-3-6(11)4-7(10-2)8(5)9/h3-4,9,11H,1-2H3. The highest BCUT2D eigenvalue weighted by atomic mass is 32.1. The van der Waals surface area contributed by atoms with E-state index in [1.165, 1.54) is 7.11 Å². The van der Waals surface area contributed by atoms with Crippen LogP contribution in [0.4, 0.5) is 0 Å². The SMILES string of the molecule is COc1cc(S)cc(C)c1O. The highest BCUT2D eigenvalue weighted by molar-refractivity contribution is 7.80. The van der Waals surface area contributed by atoms with E-state index < -0.39 is 0 Å². The summed E-state index contributed by atoms with van der Waals surface area (Å²) in [5, 5.41) is 9.36. The maximum Gasteiger partial charge on any atom is 0.161 e. The molecule has 1 aromatic rings. The molecule has 0 radical (unpaired) electrons. The topological polar surface area (TPSA) is 29.5 Å². The lowest BCUT2D eigenvalue weighted by Gasteiger charge is -2.06. The minimum Gasteiger partial charge on any atom is -0.504 e. The van der Waals surface area contributed by atoms with Crippen molar-refractivity contribution in [3.05, 3.63) is 17.7 Å². The highest BCUT2D eigenvalue weighted by Gasteiger charge is 2.04. The van der Waals surface area contributed by atoms with E-state index >= 15 is 0 Å². The van der Waals surface area contributed by atoms with Crippen LogP contribution in [-0.2, 0) is 0 Å². The van der Waals surface area contributed by atoms with E-state index in [9.17, 15) is 5.11 Å². The zero-order chi connectivity index (χ0) is 8.43. The number of benzene rings is 1. The molecule has 11 heavy (non-hydrogen) atoms. The Morgan fingerprint density at radius 3 is 2.64 bits per heavy atom. The van der Waals surface area contributed by atoms with Crippen molar-refractivity contribution in [1.29, 1.82) is 0 Å². The molecule has 0 aliphatic carbocycles. The van der Waals surface area contributed by atoms with Crippen LogP contribution in [0, 0.1) is 6.92 Å². The quantitative estimate of drug-likeness (QED) is 0.631. The average molecular weight is 170 g/mol. The third kappa shape index (κ3) is 1.60. The van der Waals surface area contributed by atoms with Crippen LogP contribution in [-0.4, -0.2) is 12.2 Å². The molecule has 0 fully saturated rings. The molecule has 0 saturated heterocycles. The summed E-state index contributed by atoms with van der Waals surface area (Å²) in [5.41, 5.74) is 0.773. The van der Waals surface area contributed by atoms with Crippen molar-refractivity contribution in [2.45, 2.75) is 11.8 Å². The zero-order valence-corrected chi connectivity index (χ0v) is 7.35. The Morgan fingerprint density at radius 2 is 2.09 bits per heavy atom. The van der Waals surface area contributed by atoms with Crippen molar-refractivity contribution in [3.63, 3.8) is 0 Å². The normalized spacial score (nSPS) is 9.73. The van der Waals surface area contributed by atoms with Gasteiger partial charge < -0.3 is 9.84 Å². The van der Waals surface area contributed by atoms with E-state index in [4.69, 9.17) is 4.74 Å². The first kappa shape index (κ1) is 8.27. The number of rotatable bonds is 1. The van der Waals surface area contributed by atoms with Crippen molar-refractivity contribution in [3.8, 4) is 11.5 Å². The van der Waals surface area contributed by atoms with Crippen LogP contribution >= 0.6 is 12.6 Å². The predicted octanol–water partition coefficient (Wildman–Crippen LogP) is 2.00. The Morgan fingerprint density at radius 1 is 1.45 bits per heavy atom. The van der Waals surface area contributed by atoms with Crippen molar-refractivity contribution >= 4 is 12.6 Å². The molecule has 1 N–H and O–H groups in total. The summed E-state index contributed by atoms with van der Waals surface area (Å²) in [6, 6.07) is 3.45. The smallest absolute Gasteiger partial charge is 0.161 e. The summed E-state index contributed by atoms with van der Waals surface area (Å²) in [6.45, 7) is 1.80. The van der Waals surface area contributed by atoms with Crippen LogP contribution in [0.15, 0.2) is 17.0 Å². The molecule has 0 heterocycles. The lowest BCUT2D eigenvalue weighted by atomic mass is 10.2. The molecule has 0 aliphatic rings. The average Bonchev–Trinajstić information content (AvgIpc) is 1.96. The molecule has 0 aromatic heterocycles. The molecule has 0 spiro atoms. The Labute approximate surface area is 71.2 Å². The molecular weight excluding hydrogens is 160 g/mol. The molecule has 2 nitrogen and oxygen atoms in total. The fourth-order valence-corrected chi connectivity index (χ4v) is 1.20. The predicted molar refractivity (Wildman–Crippen MR) is 46.6 cm³/mol. The fraction of sp³-hybridized carbons (Fsp3) is 0.250. The molecule has 0 amide bonds. The summed E-state index contributed by atoms with van der Waals surface area (Å²) < 4.78 is 4.91. The number of thiol groups is 1. The van der Waals surface area contributed by atoms with Gasteiger partial charge in [-0.15, -0.1) is 12.6 Å². The van der Waals surface area contributed by atoms with E-state index in [2.05, 4.69) is 12.6 Å². The van der Waals surface area contributed by atoms with Crippen LogP contribution in [0.25, 0.3) is 0 Å². The zero-order valence-electron chi connectivity index (χ0n) is 6.46. The highest BCUT2D eigenvalue weighted by Crippen LogP contribution is 2.31. The number of aryl methyl sites for hydroxylation is 1. The van der Waals surface area contributed by atoms with Gasteiger partial charge in [0.25, 0.3) is 0 Å². The van der Waals surface area contributed by atoms with Crippen LogP contribution in [0.2, 0.25) is 0 Å². The third-order valence-corrected chi connectivity index (χ3v) is 1.73. The van der Waals surface area contributed by atoms with E-state index in [1.807, 2.05) is 0 Å². The summed E-state index contributed by atoms with van der Waals surface area (Å²) >= 11 is 4.13. The van der Waals surface area contributed by atoms with Crippen LogP contribution < -0.4 is 4.74 Å². The van der Waals surface area contributed by atoms with Gasteiger partial charge in [0, 0.05) is 4.90 Å². The van der Waals surface area contributed by atoms with Gasteiger partial charge in [0.1, 0.15) is 0 Å². The number of phenols is 1. The number of hydrogen-bond donors (Lipinski definition) is 2. The molecule has 60 valence electrons. The largest absolute Gasteiger partial charge is 0.504 e. The van der Waals surface area contributed by atoms with E-state index in [1.54, 1.807) is 19.1 Å². The third-order valence-electron chi connectivity index (χ3n) is 1.47. The maximum absolute atomic E-state index is 9.36. The van der Waals surface area contributed by atoms with E-state index in [0.717, 1.165) is 10.5 Å². The summed E-state index contributed by atoms with van der Waals surface area (Å²) in [7, 11) is 1.52. The molecule has 0 aliphatic heterocycles. The Bertz CT molecular complexity index is 271. The number of aromatic hydroxyl groups is 1. The van der Waals surface area contributed by atoms with Crippen molar-refractivity contribution in [2.24, 2.45) is 0 Å². The van der Waals surface area contributed by atoms with Crippen molar-refractivity contribution < 1.29 is 9.84 Å². The van der Waals surface area contributed by atoms with Gasteiger partial charge in [-0.25, -0.2) is 0 Å². The second-order valence-electron chi connectivity index (χ2n) is 2.31. The molecule has 1 aromatic carbocycles. The van der Waals surface area contributed by atoms with Crippen LogP contribution in [0.1, 0.15) is 5.56 Å². The van der Waals surface area contributed by atoms with E-state index in [0.29, 0.717) is 5.75 Å². The van der Waals surface area contributed by atoms with Gasteiger partial charge in [-0.2, -0.15) is 0 Å². The van der Waals surface area contributed by atoms with E-state index in [-0.39, 0.29) is 5.75 Å². The molecule has 0 saturated carbocycles. The summed E-state index contributed by atoms with van der Waals surface area (Å²) in [4.78, 5) is 0.789. The van der Waals surface area contributed by atoms with Gasteiger partial charge in [-0.3, -0.25) is 0 Å². The first-order valence-corrected chi connectivity index (χ1v) is 3.66. The lowest BCUT2D eigenvalue weighted by Crippen LogP contribution is -1.85. The minimum atomic E-state index is 0.185. The number of hydrogen-bond acceptors (Lipinski definition) is 3. The lowest BCUT2D eigenvalue weighted by molar-refractivity contribution is 0.370. The number of phenolic OH excluding ortho intramolecular Hbond substituents is 1. The number of ether oxygens (including phenoxy) is 1. The molecule has 1 rings (SSSR count). The summed E-state index contributed by atoms with van der Waals surface area (Å²) in [6.07, 6.45) is 0. The Hall–Kier alpha value is -0.830. The fourth-order valence-electron chi connectivity index (χ4n) is 0.884.